The number of phenols is 2. The van der Waals surface area contributed by atoms with Crippen molar-refractivity contribution in [2.24, 2.45) is 0 Å². The number of benzene rings is 1. The number of rotatable bonds is 4. The molecule has 0 bridgehead atoms. The molecule has 0 amide bonds. The Morgan fingerprint density at radius 3 is 2.85 bits per heavy atom. The molecule has 0 aliphatic heterocycles. The molecule has 0 spiro atoms. The van der Waals surface area contributed by atoms with Crippen LogP contribution in [-0.4, -0.2) is 16.8 Å². The average molecular weight is 183 g/mol. The number of phenolic OH excluding ortho intramolecular Hbond substituents is 2. The summed E-state index contributed by atoms with van der Waals surface area (Å²) < 4.78 is 0. The van der Waals surface area contributed by atoms with Gasteiger partial charge in [-0.25, -0.2) is 0 Å². The lowest BCUT2D eigenvalue weighted by molar-refractivity contribution is 0.0458. The zero-order valence-electron chi connectivity index (χ0n) is 7.45. The van der Waals surface area contributed by atoms with E-state index in [-0.39, 0.29) is 11.5 Å². The Kier molecular flexibility index (Phi) is 3.54. The first kappa shape index (κ1) is 9.83. The van der Waals surface area contributed by atoms with Crippen LogP contribution < -0.4 is 5.48 Å². The van der Waals surface area contributed by atoms with Crippen molar-refractivity contribution < 1.29 is 15.1 Å². The lowest BCUT2D eigenvalue weighted by Gasteiger charge is -2.06. The summed E-state index contributed by atoms with van der Waals surface area (Å²) in [6, 6.07) is 4.80. The number of aromatic hydroxyl groups is 2. The number of hydrogen-bond acceptors (Lipinski definition) is 4. The molecular weight excluding hydrogens is 170 g/mol. The zero-order valence-corrected chi connectivity index (χ0v) is 7.45. The third-order valence-corrected chi connectivity index (χ3v) is 1.61. The van der Waals surface area contributed by atoms with Gasteiger partial charge in [-0.1, -0.05) is 12.1 Å². The van der Waals surface area contributed by atoms with Crippen molar-refractivity contribution in [3.63, 3.8) is 0 Å². The van der Waals surface area contributed by atoms with E-state index in [0.717, 1.165) is 0 Å². The van der Waals surface area contributed by atoms with Gasteiger partial charge in [0.05, 0.1) is 6.61 Å². The summed E-state index contributed by atoms with van der Waals surface area (Å²) in [6.07, 6.45) is 0. The van der Waals surface area contributed by atoms with E-state index in [1.54, 1.807) is 12.1 Å². The topological polar surface area (TPSA) is 61.7 Å². The minimum Gasteiger partial charge on any atom is -0.504 e. The second-order valence-corrected chi connectivity index (χ2v) is 2.54. The smallest absolute Gasteiger partial charge is 0.162 e. The zero-order chi connectivity index (χ0) is 9.68. The summed E-state index contributed by atoms with van der Waals surface area (Å²) in [7, 11) is 0. The molecule has 72 valence electrons. The summed E-state index contributed by atoms with van der Waals surface area (Å²) in [4.78, 5) is 4.89. The van der Waals surface area contributed by atoms with Gasteiger partial charge in [0, 0.05) is 12.1 Å². The normalized spacial score (nSPS) is 10.2. The van der Waals surface area contributed by atoms with Crippen LogP contribution in [0, 0.1) is 0 Å². The number of nitrogens with one attached hydrogen (secondary N) is 1. The summed E-state index contributed by atoms with van der Waals surface area (Å²) in [5.74, 6) is -0.217. The number of hydroxylamine groups is 1. The predicted octanol–water partition coefficient (Wildman–Crippen LogP) is 1.14. The second kappa shape index (κ2) is 4.69. The second-order valence-electron chi connectivity index (χ2n) is 2.54. The maximum absolute atomic E-state index is 9.35. The molecule has 0 saturated carbocycles. The molecule has 0 unspecified atom stereocenters. The van der Waals surface area contributed by atoms with Crippen LogP contribution in [0.3, 0.4) is 0 Å². The molecule has 4 heteroatoms. The number of para-hydroxylation sites is 1. The molecule has 0 fully saturated rings. The lowest BCUT2D eigenvalue weighted by atomic mass is 10.2. The fraction of sp³-hybridized carbons (Fsp3) is 0.333. The van der Waals surface area contributed by atoms with Crippen molar-refractivity contribution in [2.75, 3.05) is 6.61 Å². The van der Waals surface area contributed by atoms with Crippen LogP contribution in [0.2, 0.25) is 0 Å². The average Bonchev–Trinajstić information content (AvgIpc) is 2.13. The van der Waals surface area contributed by atoms with Gasteiger partial charge >= 0.3 is 0 Å². The Morgan fingerprint density at radius 1 is 1.38 bits per heavy atom. The van der Waals surface area contributed by atoms with Gasteiger partial charge in [0.1, 0.15) is 0 Å². The molecule has 0 heterocycles. The Hall–Kier alpha value is -1.26. The van der Waals surface area contributed by atoms with Gasteiger partial charge in [0.2, 0.25) is 0 Å². The third-order valence-electron chi connectivity index (χ3n) is 1.61. The molecule has 0 aliphatic carbocycles. The largest absolute Gasteiger partial charge is 0.504 e. The van der Waals surface area contributed by atoms with E-state index in [1.165, 1.54) is 6.07 Å². The lowest BCUT2D eigenvalue weighted by Crippen LogP contribution is -2.13. The highest BCUT2D eigenvalue weighted by Gasteiger charge is 2.04. The SMILES string of the molecule is CCONCc1cccc(O)c1O. The van der Waals surface area contributed by atoms with Crippen LogP contribution in [0.25, 0.3) is 0 Å². The molecule has 0 atom stereocenters. The van der Waals surface area contributed by atoms with Crippen LogP contribution >= 0.6 is 0 Å². The summed E-state index contributed by atoms with van der Waals surface area (Å²) in [5.41, 5.74) is 3.25. The van der Waals surface area contributed by atoms with Crippen molar-refractivity contribution in [2.45, 2.75) is 13.5 Å². The standard InChI is InChI=1S/C9H13NO3/c1-2-13-10-6-7-4-3-5-8(11)9(7)12/h3-5,10-12H,2,6H2,1H3. The van der Waals surface area contributed by atoms with Gasteiger partial charge in [-0.15, -0.1) is 0 Å². The van der Waals surface area contributed by atoms with Crippen molar-refractivity contribution in [3.05, 3.63) is 23.8 Å². The van der Waals surface area contributed by atoms with E-state index >= 15 is 0 Å². The van der Waals surface area contributed by atoms with Crippen LogP contribution in [0.4, 0.5) is 0 Å². The Labute approximate surface area is 76.7 Å². The van der Waals surface area contributed by atoms with Gasteiger partial charge in [-0.3, -0.25) is 0 Å². The van der Waals surface area contributed by atoms with E-state index in [9.17, 15) is 5.11 Å². The highest BCUT2D eigenvalue weighted by atomic mass is 16.6. The van der Waals surface area contributed by atoms with Crippen LogP contribution in [0.15, 0.2) is 18.2 Å². The van der Waals surface area contributed by atoms with E-state index in [0.29, 0.717) is 18.7 Å². The van der Waals surface area contributed by atoms with Gasteiger partial charge in [0.25, 0.3) is 0 Å². The summed E-state index contributed by atoms with van der Waals surface area (Å²) in [5, 5.41) is 18.5. The van der Waals surface area contributed by atoms with Crippen LogP contribution in [0.5, 0.6) is 11.5 Å². The minimum absolute atomic E-state index is 0.102. The molecule has 4 nitrogen and oxygen atoms in total. The van der Waals surface area contributed by atoms with Crippen molar-refractivity contribution in [1.82, 2.24) is 5.48 Å². The molecule has 3 N–H and O–H groups in total. The van der Waals surface area contributed by atoms with Crippen molar-refractivity contribution >= 4 is 0 Å². The Balaban J connectivity index is 2.61. The van der Waals surface area contributed by atoms with Gasteiger partial charge in [-0.05, 0) is 13.0 Å². The molecule has 0 saturated heterocycles. The molecule has 0 radical (unpaired) electrons. The predicted molar refractivity (Wildman–Crippen MR) is 48.2 cm³/mol. The highest BCUT2D eigenvalue weighted by molar-refractivity contribution is 5.44. The first-order valence-electron chi connectivity index (χ1n) is 4.10. The van der Waals surface area contributed by atoms with E-state index in [4.69, 9.17) is 9.94 Å². The fourth-order valence-electron chi connectivity index (χ4n) is 0.951. The quantitative estimate of drug-likeness (QED) is 0.372. The maximum Gasteiger partial charge on any atom is 0.162 e. The highest BCUT2D eigenvalue weighted by Crippen LogP contribution is 2.27. The fourth-order valence-corrected chi connectivity index (χ4v) is 0.951. The first-order chi connectivity index (χ1) is 6.25. The van der Waals surface area contributed by atoms with Crippen molar-refractivity contribution in [1.29, 1.82) is 0 Å². The molecule has 1 rings (SSSR count). The molecule has 0 aliphatic rings. The molecular formula is C9H13NO3. The third kappa shape index (κ3) is 2.61. The summed E-state index contributed by atoms with van der Waals surface area (Å²) >= 11 is 0. The minimum atomic E-state index is -0.115. The van der Waals surface area contributed by atoms with Gasteiger partial charge in [0.15, 0.2) is 11.5 Å². The van der Waals surface area contributed by atoms with E-state index < -0.39 is 0 Å². The Bertz CT molecular complexity index is 276. The Morgan fingerprint density at radius 2 is 2.15 bits per heavy atom. The van der Waals surface area contributed by atoms with Crippen LogP contribution in [0.1, 0.15) is 12.5 Å². The monoisotopic (exact) mass is 183 g/mol. The van der Waals surface area contributed by atoms with Crippen molar-refractivity contribution in [3.8, 4) is 11.5 Å². The summed E-state index contributed by atoms with van der Waals surface area (Å²) in [6.45, 7) is 2.78. The van der Waals surface area contributed by atoms with E-state index in [2.05, 4.69) is 5.48 Å². The molecule has 1 aromatic carbocycles. The molecule has 1 aromatic rings. The van der Waals surface area contributed by atoms with E-state index in [1.807, 2.05) is 6.92 Å². The van der Waals surface area contributed by atoms with Crippen LogP contribution in [-0.2, 0) is 11.4 Å². The van der Waals surface area contributed by atoms with Gasteiger partial charge < -0.3 is 15.1 Å². The van der Waals surface area contributed by atoms with Gasteiger partial charge in [-0.2, -0.15) is 5.48 Å². The maximum atomic E-state index is 9.35. The molecule has 13 heavy (non-hydrogen) atoms. The number of hydrogen-bond donors (Lipinski definition) is 3. The molecule has 0 aromatic heterocycles. The first-order valence-corrected chi connectivity index (χ1v) is 4.10.